The molecule has 1 saturated heterocycles. The van der Waals surface area contributed by atoms with E-state index in [-0.39, 0.29) is 23.0 Å². The molecule has 0 unspecified atom stereocenters. The van der Waals surface area contributed by atoms with Gasteiger partial charge in [-0.05, 0) is 59.8 Å². The van der Waals surface area contributed by atoms with Crippen LogP contribution >= 0.6 is 11.8 Å². The Bertz CT molecular complexity index is 1360. The summed E-state index contributed by atoms with van der Waals surface area (Å²) in [6.45, 7) is -0.510. The SMILES string of the molecule is COc1cc(/C=C2/SC(=O)N(CC(=O)Nc3cccc(F)c3)C2=O)ccc1OCc1ccccc1F. The third-order valence-corrected chi connectivity index (χ3v) is 6.02. The Kier molecular flexibility index (Phi) is 7.65. The molecule has 0 atom stereocenters. The summed E-state index contributed by atoms with van der Waals surface area (Å²) in [6, 6.07) is 16.4. The standard InChI is InChI=1S/C26H20F2N2O5S/c1-34-22-11-16(9-10-21(22)35-15-17-5-2-3-8-20(17)28)12-23-25(32)30(26(33)36-23)14-24(31)29-19-7-4-6-18(27)13-19/h2-13H,14-15H2,1H3,(H,29,31)/b23-12+. The van der Waals surface area contributed by atoms with Crippen molar-refractivity contribution in [2.75, 3.05) is 19.0 Å². The molecule has 0 aliphatic carbocycles. The zero-order valence-corrected chi connectivity index (χ0v) is 19.8. The number of thioether (sulfide) groups is 1. The second-order valence-corrected chi connectivity index (χ2v) is 8.61. The average molecular weight is 511 g/mol. The lowest BCUT2D eigenvalue weighted by atomic mass is 10.1. The van der Waals surface area contributed by atoms with Gasteiger partial charge in [0.2, 0.25) is 5.91 Å². The molecule has 1 aliphatic heterocycles. The third-order valence-electron chi connectivity index (χ3n) is 5.11. The van der Waals surface area contributed by atoms with Crippen LogP contribution in [0, 0.1) is 11.6 Å². The Hall–Kier alpha value is -4.18. The summed E-state index contributed by atoms with van der Waals surface area (Å²) in [5.74, 6) is -1.44. The normalized spacial score (nSPS) is 14.3. The fourth-order valence-corrected chi connectivity index (χ4v) is 4.20. The maximum Gasteiger partial charge on any atom is 0.294 e. The van der Waals surface area contributed by atoms with Gasteiger partial charge < -0.3 is 14.8 Å². The molecule has 3 aromatic carbocycles. The van der Waals surface area contributed by atoms with E-state index in [2.05, 4.69) is 5.32 Å². The molecule has 0 aromatic heterocycles. The van der Waals surface area contributed by atoms with E-state index in [1.165, 1.54) is 37.5 Å². The lowest BCUT2D eigenvalue weighted by Gasteiger charge is -2.13. The first-order valence-corrected chi connectivity index (χ1v) is 11.5. The number of carbonyl (C=O) groups is 3. The van der Waals surface area contributed by atoms with E-state index in [4.69, 9.17) is 9.47 Å². The van der Waals surface area contributed by atoms with Gasteiger partial charge in [0, 0.05) is 11.3 Å². The predicted molar refractivity (Wildman–Crippen MR) is 131 cm³/mol. The Balaban J connectivity index is 1.43. The number of benzene rings is 3. The number of carbonyl (C=O) groups excluding carboxylic acids is 3. The lowest BCUT2D eigenvalue weighted by molar-refractivity contribution is -0.127. The van der Waals surface area contributed by atoms with Crippen molar-refractivity contribution >= 4 is 40.6 Å². The van der Waals surface area contributed by atoms with Gasteiger partial charge in [-0.1, -0.05) is 30.3 Å². The fourth-order valence-electron chi connectivity index (χ4n) is 3.36. The summed E-state index contributed by atoms with van der Waals surface area (Å²) in [6.07, 6.45) is 1.50. The van der Waals surface area contributed by atoms with Gasteiger partial charge in [-0.25, -0.2) is 8.78 Å². The van der Waals surface area contributed by atoms with E-state index < -0.39 is 29.4 Å². The van der Waals surface area contributed by atoms with E-state index in [9.17, 15) is 23.2 Å². The molecule has 0 bridgehead atoms. The van der Waals surface area contributed by atoms with Gasteiger partial charge >= 0.3 is 0 Å². The van der Waals surface area contributed by atoms with E-state index in [1.807, 2.05) is 0 Å². The van der Waals surface area contributed by atoms with E-state index in [0.29, 0.717) is 34.4 Å². The van der Waals surface area contributed by atoms with Crippen LogP contribution in [0.4, 0.5) is 19.3 Å². The molecule has 4 rings (SSSR count). The molecule has 1 heterocycles. The minimum Gasteiger partial charge on any atom is -0.493 e. The van der Waals surface area contributed by atoms with Crippen molar-refractivity contribution in [2.24, 2.45) is 0 Å². The number of amides is 3. The molecule has 3 amide bonds. The van der Waals surface area contributed by atoms with Crippen LogP contribution in [-0.2, 0) is 16.2 Å². The first kappa shape index (κ1) is 24.9. The number of ether oxygens (including phenoxy) is 2. The first-order valence-electron chi connectivity index (χ1n) is 10.7. The molecule has 1 fully saturated rings. The highest BCUT2D eigenvalue weighted by Crippen LogP contribution is 2.35. The van der Waals surface area contributed by atoms with Crippen LogP contribution < -0.4 is 14.8 Å². The number of halogens is 2. The van der Waals surface area contributed by atoms with E-state index in [0.717, 1.165) is 11.0 Å². The molecule has 0 spiro atoms. The fraction of sp³-hybridized carbons (Fsp3) is 0.115. The monoisotopic (exact) mass is 510 g/mol. The van der Waals surface area contributed by atoms with Gasteiger partial charge in [-0.15, -0.1) is 0 Å². The Morgan fingerprint density at radius 3 is 2.58 bits per heavy atom. The molecule has 0 saturated carbocycles. The zero-order chi connectivity index (χ0) is 25.7. The highest BCUT2D eigenvalue weighted by atomic mass is 32.2. The maximum atomic E-state index is 13.8. The quantitative estimate of drug-likeness (QED) is 0.418. The molecule has 36 heavy (non-hydrogen) atoms. The smallest absolute Gasteiger partial charge is 0.294 e. The van der Waals surface area contributed by atoms with Crippen LogP contribution in [0.2, 0.25) is 0 Å². The molecule has 7 nitrogen and oxygen atoms in total. The number of imide groups is 1. The molecule has 0 radical (unpaired) electrons. The minimum atomic E-state index is -0.637. The van der Waals surface area contributed by atoms with Crippen molar-refractivity contribution < 1.29 is 32.6 Å². The van der Waals surface area contributed by atoms with Gasteiger partial charge in [0.15, 0.2) is 11.5 Å². The van der Waals surface area contributed by atoms with Crippen LogP contribution in [0.15, 0.2) is 71.6 Å². The van der Waals surface area contributed by atoms with Gasteiger partial charge in [0.25, 0.3) is 11.1 Å². The van der Waals surface area contributed by atoms with Gasteiger partial charge in [0.05, 0.1) is 12.0 Å². The van der Waals surface area contributed by atoms with Crippen molar-refractivity contribution in [3.8, 4) is 11.5 Å². The largest absolute Gasteiger partial charge is 0.493 e. The van der Waals surface area contributed by atoms with Crippen molar-refractivity contribution in [1.82, 2.24) is 4.90 Å². The van der Waals surface area contributed by atoms with Crippen molar-refractivity contribution in [3.63, 3.8) is 0 Å². The molecule has 10 heteroatoms. The van der Waals surface area contributed by atoms with Crippen LogP contribution in [0.3, 0.4) is 0 Å². The zero-order valence-electron chi connectivity index (χ0n) is 19.0. The summed E-state index contributed by atoms with van der Waals surface area (Å²) in [7, 11) is 1.44. The number of methoxy groups -OCH3 is 1. The lowest BCUT2D eigenvalue weighted by Crippen LogP contribution is -2.36. The van der Waals surface area contributed by atoms with E-state index >= 15 is 0 Å². The van der Waals surface area contributed by atoms with Crippen molar-refractivity contribution in [1.29, 1.82) is 0 Å². The molecule has 1 N–H and O–H groups in total. The second kappa shape index (κ2) is 11.0. The summed E-state index contributed by atoms with van der Waals surface area (Å²) >= 11 is 0.699. The Morgan fingerprint density at radius 2 is 1.83 bits per heavy atom. The number of hydrogen-bond donors (Lipinski definition) is 1. The Morgan fingerprint density at radius 1 is 1.03 bits per heavy atom. The van der Waals surface area contributed by atoms with Crippen LogP contribution in [-0.4, -0.2) is 35.6 Å². The summed E-state index contributed by atoms with van der Waals surface area (Å²) in [4.78, 5) is 38.3. The predicted octanol–water partition coefficient (Wildman–Crippen LogP) is 5.23. The van der Waals surface area contributed by atoms with Crippen molar-refractivity contribution in [3.05, 3.63) is 94.4 Å². The highest BCUT2D eigenvalue weighted by molar-refractivity contribution is 8.18. The van der Waals surface area contributed by atoms with E-state index in [1.54, 1.807) is 36.4 Å². The maximum absolute atomic E-state index is 13.8. The summed E-state index contributed by atoms with van der Waals surface area (Å²) in [5, 5.41) is 1.86. The second-order valence-electron chi connectivity index (χ2n) is 7.62. The number of anilines is 1. The first-order chi connectivity index (χ1) is 17.3. The minimum absolute atomic E-state index is 0.00104. The van der Waals surface area contributed by atoms with Gasteiger partial charge in [-0.3, -0.25) is 19.3 Å². The van der Waals surface area contributed by atoms with Crippen LogP contribution in [0.5, 0.6) is 11.5 Å². The highest BCUT2D eigenvalue weighted by Gasteiger charge is 2.36. The summed E-state index contributed by atoms with van der Waals surface area (Å²) < 4.78 is 38.2. The summed E-state index contributed by atoms with van der Waals surface area (Å²) in [5.41, 5.74) is 1.16. The van der Waals surface area contributed by atoms with Gasteiger partial charge in [-0.2, -0.15) is 0 Å². The van der Waals surface area contributed by atoms with Gasteiger partial charge in [0.1, 0.15) is 24.8 Å². The molecule has 3 aromatic rings. The molecule has 184 valence electrons. The van der Waals surface area contributed by atoms with Crippen LogP contribution in [0.25, 0.3) is 6.08 Å². The van der Waals surface area contributed by atoms with Crippen LogP contribution in [0.1, 0.15) is 11.1 Å². The number of nitrogens with one attached hydrogen (secondary N) is 1. The number of hydrogen-bond acceptors (Lipinski definition) is 6. The number of rotatable bonds is 8. The molecular formula is C26H20F2N2O5S. The average Bonchev–Trinajstić information content (AvgIpc) is 3.11. The number of nitrogens with zero attached hydrogens (tertiary/aromatic N) is 1. The molecule has 1 aliphatic rings. The third kappa shape index (κ3) is 5.89. The van der Waals surface area contributed by atoms with Crippen molar-refractivity contribution in [2.45, 2.75) is 6.61 Å². The Labute approximate surface area is 209 Å². The topological polar surface area (TPSA) is 84.9 Å². The molecular weight excluding hydrogens is 490 g/mol.